The fraction of sp³-hybridized carbons (Fsp3) is 0.130. The number of anilines is 2. The van der Waals surface area contributed by atoms with Crippen LogP contribution in [-0.2, 0) is 11.2 Å². The van der Waals surface area contributed by atoms with Gasteiger partial charge in [0.25, 0.3) is 0 Å². The minimum absolute atomic E-state index is 0.0868. The highest BCUT2D eigenvalue weighted by Gasteiger charge is 2.09. The van der Waals surface area contributed by atoms with E-state index < -0.39 is 0 Å². The molecule has 4 rings (SSSR count). The summed E-state index contributed by atoms with van der Waals surface area (Å²) in [7, 11) is 4.02. The number of benzene rings is 3. The lowest BCUT2D eigenvalue weighted by atomic mass is 10.0. The molecule has 0 aliphatic heterocycles. The first-order chi connectivity index (χ1) is 13.6. The molecule has 0 unspecified atom stereocenters. The number of rotatable bonds is 5. The molecule has 0 aliphatic carbocycles. The maximum atomic E-state index is 12.4. The fourth-order valence-electron chi connectivity index (χ4n) is 3.19. The van der Waals surface area contributed by atoms with Crippen molar-refractivity contribution in [1.29, 1.82) is 0 Å². The maximum absolute atomic E-state index is 12.4. The predicted molar refractivity (Wildman–Crippen MR) is 115 cm³/mol. The second-order valence-corrected chi connectivity index (χ2v) is 7.01. The summed E-state index contributed by atoms with van der Waals surface area (Å²) in [6.45, 7) is 0. The summed E-state index contributed by atoms with van der Waals surface area (Å²) >= 11 is 0. The molecule has 4 aromatic rings. The van der Waals surface area contributed by atoms with Crippen molar-refractivity contribution in [2.75, 3.05) is 24.3 Å². The van der Waals surface area contributed by atoms with Crippen LogP contribution in [-0.4, -0.2) is 30.2 Å². The van der Waals surface area contributed by atoms with Crippen LogP contribution in [0.15, 0.2) is 72.8 Å². The molecule has 2 N–H and O–H groups in total. The van der Waals surface area contributed by atoms with Crippen molar-refractivity contribution in [1.82, 2.24) is 10.2 Å². The number of hydrogen-bond acceptors (Lipinski definition) is 3. The summed E-state index contributed by atoms with van der Waals surface area (Å²) in [6.07, 6.45) is 0.310. The van der Waals surface area contributed by atoms with Crippen LogP contribution in [0, 0.1) is 0 Å². The average molecular weight is 370 g/mol. The Morgan fingerprint density at radius 2 is 1.71 bits per heavy atom. The zero-order chi connectivity index (χ0) is 19.5. The second kappa shape index (κ2) is 7.56. The van der Waals surface area contributed by atoms with Crippen LogP contribution in [0.25, 0.3) is 22.0 Å². The van der Waals surface area contributed by atoms with E-state index >= 15 is 0 Å². The monoisotopic (exact) mass is 370 g/mol. The lowest BCUT2D eigenvalue weighted by Crippen LogP contribution is -2.14. The molecule has 28 heavy (non-hydrogen) atoms. The smallest absolute Gasteiger partial charge is 0.229 e. The van der Waals surface area contributed by atoms with E-state index in [0.717, 1.165) is 27.9 Å². The van der Waals surface area contributed by atoms with Gasteiger partial charge in [0.1, 0.15) is 0 Å². The Bertz CT molecular complexity index is 1110. The number of nitrogens with zero attached hydrogens (tertiary/aromatic N) is 2. The molecule has 3 aromatic carbocycles. The van der Waals surface area contributed by atoms with E-state index in [0.29, 0.717) is 12.2 Å². The average Bonchev–Trinajstić information content (AvgIpc) is 3.16. The summed E-state index contributed by atoms with van der Waals surface area (Å²) in [5.41, 5.74) is 4.00. The molecular formula is C23H22N4O. The summed E-state index contributed by atoms with van der Waals surface area (Å²) in [4.78, 5) is 14.5. The van der Waals surface area contributed by atoms with E-state index in [-0.39, 0.29) is 5.91 Å². The van der Waals surface area contributed by atoms with Crippen molar-refractivity contribution in [3.63, 3.8) is 0 Å². The molecule has 1 heterocycles. The van der Waals surface area contributed by atoms with Crippen LogP contribution >= 0.6 is 0 Å². The number of aromatic nitrogens is 2. The molecular weight excluding hydrogens is 348 g/mol. The van der Waals surface area contributed by atoms with Crippen LogP contribution < -0.4 is 10.2 Å². The molecule has 0 spiro atoms. The van der Waals surface area contributed by atoms with Gasteiger partial charge in [-0.3, -0.25) is 9.89 Å². The summed E-state index contributed by atoms with van der Waals surface area (Å²) < 4.78 is 0. The molecule has 0 bridgehead atoms. The molecule has 5 heteroatoms. The number of amides is 1. The highest BCUT2D eigenvalue weighted by atomic mass is 16.1. The lowest BCUT2D eigenvalue weighted by molar-refractivity contribution is -0.115. The van der Waals surface area contributed by atoms with Crippen molar-refractivity contribution in [2.24, 2.45) is 0 Å². The third kappa shape index (κ3) is 3.88. The number of aromatic amines is 1. The maximum Gasteiger partial charge on any atom is 0.229 e. The van der Waals surface area contributed by atoms with Gasteiger partial charge in [-0.05, 0) is 34.0 Å². The SMILES string of the molecule is CN(C)c1ccc(-c2cc(NC(=O)Cc3ccc4ccccc4c3)n[nH]2)cc1. The van der Waals surface area contributed by atoms with Crippen molar-refractivity contribution in [2.45, 2.75) is 6.42 Å². The molecule has 0 atom stereocenters. The van der Waals surface area contributed by atoms with Gasteiger partial charge in [-0.1, -0.05) is 54.6 Å². The number of nitrogens with one attached hydrogen (secondary N) is 2. The first-order valence-corrected chi connectivity index (χ1v) is 9.19. The van der Waals surface area contributed by atoms with Crippen LogP contribution in [0.1, 0.15) is 5.56 Å². The number of H-pyrrole nitrogens is 1. The number of carbonyl (C=O) groups is 1. The third-order valence-corrected chi connectivity index (χ3v) is 4.72. The van der Waals surface area contributed by atoms with Crippen molar-refractivity contribution < 1.29 is 4.79 Å². The van der Waals surface area contributed by atoms with Gasteiger partial charge in [0, 0.05) is 25.8 Å². The minimum Gasteiger partial charge on any atom is -0.378 e. The van der Waals surface area contributed by atoms with Crippen molar-refractivity contribution in [3.05, 3.63) is 78.4 Å². The van der Waals surface area contributed by atoms with Gasteiger partial charge < -0.3 is 10.2 Å². The van der Waals surface area contributed by atoms with Gasteiger partial charge in [-0.25, -0.2) is 0 Å². The highest BCUT2D eigenvalue weighted by Crippen LogP contribution is 2.23. The van der Waals surface area contributed by atoms with Crippen LogP contribution in [0.4, 0.5) is 11.5 Å². The molecule has 140 valence electrons. The van der Waals surface area contributed by atoms with Gasteiger partial charge in [-0.15, -0.1) is 0 Å². The number of fused-ring (bicyclic) bond motifs is 1. The van der Waals surface area contributed by atoms with Gasteiger partial charge in [0.15, 0.2) is 5.82 Å². The number of hydrogen-bond donors (Lipinski definition) is 2. The van der Waals surface area contributed by atoms with E-state index in [9.17, 15) is 4.79 Å². The minimum atomic E-state index is -0.0868. The summed E-state index contributed by atoms with van der Waals surface area (Å²) in [6, 6.07) is 24.2. The highest BCUT2D eigenvalue weighted by molar-refractivity contribution is 5.93. The van der Waals surface area contributed by atoms with Crippen LogP contribution in [0.2, 0.25) is 0 Å². The third-order valence-electron chi connectivity index (χ3n) is 4.72. The first-order valence-electron chi connectivity index (χ1n) is 9.19. The van der Waals surface area contributed by atoms with Crippen molar-refractivity contribution in [3.8, 4) is 11.3 Å². The second-order valence-electron chi connectivity index (χ2n) is 7.01. The van der Waals surface area contributed by atoms with Gasteiger partial charge in [-0.2, -0.15) is 5.10 Å². The molecule has 0 fully saturated rings. The first kappa shape index (κ1) is 17.8. The van der Waals surface area contributed by atoms with Crippen LogP contribution in [0.3, 0.4) is 0 Å². The molecule has 0 aliphatic rings. The number of carbonyl (C=O) groups excluding carboxylic acids is 1. The molecule has 0 radical (unpaired) electrons. The van der Waals surface area contributed by atoms with E-state index in [4.69, 9.17) is 0 Å². The van der Waals surface area contributed by atoms with Gasteiger partial charge >= 0.3 is 0 Å². The molecule has 1 aromatic heterocycles. The van der Waals surface area contributed by atoms with Gasteiger partial charge in [0.2, 0.25) is 5.91 Å². The Morgan fingerprint density at radius 1 is 0.964 bits per heavy atom. The molecule has 0 saturated heterocycles. The van der Waals surface area contributed by atoms with E-state index in [2.05, 4.69) is 38.6 Å². The van der Waals surface area contributed by atoms with Crippen molar-refractivity contribution >= 4 is 28.2 Å². The normalized spacial score (nSPS) is 10.8. The van der Waals surface area contributed by atoms with E-state index in [1.165, 1.54) is 5.39 Å². The molecule has 5 nitrogen and oxygen atoms in total. The van der Waals surface area contributed by atoms with E-state index in [1.807, 2.05) is 68.7 Å². The van der Waals surface area contributed by atoms with E-state index in [1.54, 1.807) is 0 Å². The zero-order valence-electron chi connectivity index (χ0n) is 15.9. The Labute approximate surface area is 164 Å². The zero-order valence-corrected chi connectivity index (χ0v) is 15.9. The lowest BCUT2D eigenvalue weighted by Gasteiger charge is -2.12. The standard InChI is InChI=1S/C23H22N4O/c1-27(2)20-11-9-18(10-12-20)21-15-22(26-25-21)24-23(28)14-16-7-8-17-5-3-4-6-19(17)13-16/h3-13,15H,14H2,1-2H3,(H2,24,25,26,28). The summed E-state index contributed by atoms with van der Waals surface area (Å²) in [5.74, 6) is 0.439. The Morgan fingerprint density at radius 3 is 2.46 bits per heavy atom. The summed E-state index contributed by atoms with van der Waals surface area (Å²) in [5, 5.41) is 12.4. The predicted octanol–water partition coefficient (Wildman–Crippen LogP) is 4.48. The molecule has 0 saturated carbocycles. The Kier molecular flexibility index (Phi) is 4.81. The Hall–Kier alpha value is -3.60. The Balaban J connectivity index is 1.43. The fourth-order valence-corrected chi connectivity index (χ4v) is 3.19. The van der Waals surface area contributed by atoms with Crippen LogP contribution in [0.5, 0.6) is 0 Å². The molecule has 1 amide bonds. The van der Waals surface area contributed by atoms with Gasteiger partial charge in [0.05, 0.1) is 12.1 Å². The quantitative estimate of drug-likeness (QED) is 0.545. The topological polar surface area (TPSA) is 61.0 Å². The largest absolute Gasteiger partial charge is 0.378 e.